The Morgan fingerprint density at radius 2 is 1.79 bits per heavy atom. The molecule has 2 saturated heterocycles. The second-order valence-corrected chi connectivity index (χ2v) is 8.40. The predicted octanol–water partition coefficient (Wildman–Crippen LogP) is 2.98. The van der Waals surface area contributed by atoms with Crippen molar-refractivity contribution in [2.24, 2.45) is 17.3 Å². The molecule has 24 heavy (non-hydrogen) atoms. The van der Waals surface area contributed by atoms with Crippen molar-refractivity contribution in [1.29, 1.82) is 0 Å². The third-order valence-corrected chi connectivity index (χ3v) is 6.92. The van der Waals surface area contributed by atoms with Gasteiger partial charge in [0.1, 0.15) is 0 Å². The predicted molar refractivity (Wildman–Crippen MR) is 93.3 cm³/mol. The molecule has 0 aromatic rings. The smallest absolute Gasteiger partial charge is 0.228 e. The summed E-state index contributed by atoms with van der Waals surface area (Å²) in [7, 11) is 0. The van der Waals surface area contributed by atoms with Gasteiger partial charge in [-0.15, -0.1) is 0 Å². The van der Waals surface area contributed by atoms with Crippen LogP contribution in [-0.4, -0.2) is 47.8 Å². The summed E-state index contributed by atoms with van der Waals surface area (Å²) in [5, 5.41) is 0. The molecule has 0 aromatic heterocycles. The molecule has 0 aromatic carbocycles. The molecule has 4 aliphatic rings. The van der Waals surface area contributed by atoms with E-state index in [9.17, 15) is 9.59 Å². The zero-order chi connectivity index (χ0) is 16.6. The molecule has 3 fully saturated rings. The van der Waals surface area contributed by atoms with Crippen molar-refractivity contribution in [3.8, 4) is 0 Å². The molecule has 2 amide bonds. The van der Waals surface area contributed by atoms with Gasteiger partial charge in [-0.05, 0) is 57.3 Å². The fourth-order valence-corrected chi connectivity index (χ4v) is 5.01. The van der Waals surface area contributed by atoms with E-state index in [1.807, 2.05) is 4.90 Å². The maximum Gasteiger partial charge on any atom is 0.228 e. The van der Waals surface area contributed by atoms with E-state index in [4.69, 9.17) is 0 Å². The molecule has 0 N–H and O–H groups in total. The minimum atomic E-state index is -0.160. The number of carbonyl (C=O) groups excluding carboxylic acids is 2. The van der Waals surface area contributed by atoms with Gasteiger partial charge in [0.05, 0.1) is 5.41 Å². The van der Waals surface area contributed by atoms with E-state index in [2.05, 4.69) is 17.1 Å². The van der Waals surface area contributed by atoms with Crippen LogP contribution in [0.1, 0.15) is 57.8 Å². The second-order valence-electron chi connectivity index (χ2n) is 8.40. The summed E-state index contributed by atoms with van der Waals surface area (Å²) in [5.41, 5.74) is -0.160. The highest BCUT2D eigenvalue weighted by Crippen LogP contribution is 2.43. The zero-order valence-corrected chi connectivity index (χ0v) is 14.7. The normalized spacial score (nSPS) is 31.8. The van der Waals surface area contributed by atoms with Gasteiger partial charge in [-0.2, -0.15) is 0 Å². The minimum Gasteiger partial charge on any atom is -0.342 e. The van der Waals surface area contributed by atoms with E-state index >= 15 is 0 Å². The highest BCUT2D eigenvalue weighted by atomic mass is 16.2. The molecule has 1 atom stereocenters. The Bertz CT molecular complexity index is 532. The fourth-order valence-electron chi connectivity index (χ4n) is 5.01. The van der Waals surface area contributed by atoms with Crippen LogP contribution in [0.3, 0.4) is 0 Å². The molecule has 4 heteroatoms. The Morgan fingerprint density at radius 3 is 2.50 bits per heavy atom. The maximum atomic E-state index is 13.1. The number of carbonyl (C=O) groups is 2. The van der Waals surface area contributed by atoms with Gasteiger partial charge in [0.15, 0.2) is 0 Å². The van der Waals surface area contributed by atoms with Crippen molar-refractivity contribution < 1.29 is 9.59 Å². The van der Waals surface area contributed by atoms with Gasteiger partial charge in [-0.3, -0.25) is 9.59 Å². The Hall–Kier alpha value is -1.32. The van der Waals surface area contributed by atoms with E-state index in [-0.39, 0.29) is 11.3 Å². The quantitative estimate of drug-likeness (QED) is 0.747. The monoisotopic (exact) mass is 330 g/mol. The molecule has 2 heterocycles. The van der Waals surface area contributed by atoms with Crippen LogP contribution in [0.25, 0.3) is 0 Å². The molecule has 4 rings (SSSR count). The first-order valence-electron chi connectivity index (χ1n) is 9.91. The van der Waals surface area contributed by atoms with Crippen molar-refractivity contribution in [3.05, 3.63) is 12.2 Å². The molecule has 132 valence electrons. The largest absolute Gasteiger partial charge is 0.342 e. The van der Waals surface area contributed by atoms with Crippen LogP contribution < -0.4 is 0 Å². The first kappa shape index (κ1) is 16.2. The molecule has 2 aliphatic carbocycles. The number of nitrogens with zero attached hydrogens (tertiary/aromatic N) is 2. The lowest BCUT2D eigenvalue weighted by Gasteiger charge is -2.32. The van der Waals surface area contributed by atoms with Gasteiger partial charge in [0, 0.05) is 32.1 Å². The molecule has 2 aliphatic heterocycles. The summed E-state index contributed by atoms with van der Waals surface area (Å²) in [4.78, 5) is 29.9. The topological polar surface area (TPSA) is 40.6 Å². The molecule has 1 spiro atoms. The van der Waals surface area contributed by atoms with Gasteiger partial charge in [-0.1, -0.05) is 18.6 Å². The number of rotatable bonds is 3. The van der Waals surface area contributed by atoms with Gasteiger partial charge >= 0.3 is 0 Å². The van der Waals surface area contributed by atoms with Crippen molar-refractivity contribution in [2.75, 3.05) is 26.2 Å². The first-order valence-corrected chi connectivity index (χ1v) is 9.91. The summed E-state index contributed by atoms with van der Waals surface area (Å²) in [6.07, 6.45) is 13.8. The van der Waals surface area contributed by atoms with E-state index in [0.29, 0.717) is 11.8 Å². The van der Waals surface area contributed by atoms with Crippen LogP contribution in [0, 0.1) is 17.3 Å². The lowest BCUT2D eigenvalue weighted by Crippen LogP contribution is -2.40. The van der Waals surface area contributed by atoms with Crippen LogP contribution >= 0.6 is 0 Å². The lowest BCUT2D eigenvalue weighted by molar-refractivity contribution is -0.139. The molecule has 0 bridgehead atoms. The number of allylic oxidation sites excluding steroid dienone is 2. The van der Waals surface area contributed by atoms with Crippen LogP contribution in [0.4, 0.5) is 0 Å². The van der Waals surface area contributed by atoms with Crippen molar-refractivity contribution >= 4 is 11.8 Å². The summed E-state index contributed by atoms with van der Waals surface area (Å²) >= 11 is 0. The van der Waals surface area contributed by atoms with Crippen molar-refractivity contribution in [3.63, 3.8) is 0 Å². The number of hydrogen-bond donors (Lipinski definition) is 0. The van der Waals surface area contributed by atoms with Crippen molar-refractivity contribution in [2.45, 2.75) is 57.8 Å². The summed E-state index contributed by atoms with van der Waals surface area (Å²) in [6, 6.07) is 0. The molecule has 1 saturated carbocycles. The van der Waals surface area contributed by atoms with Crippen molar-refractivity contribution in [1.82, 2.24) is 9.80 Å². The van der Waals surface area contributed by atoms with Gasteiger partial charge in [-0.25, -0.2) is 0 Å². The highest BCUT2D eigenvalue weighted by Gasteiger charge is 2.47. The standard InChI is InChI=1S/C20H30N2O2/c23-18(17-7-1-2-8-17)21-12-4-9-20(10-13-21)11-14-22(19(20)24)15-16-5-3-6-16/h1-2,16-17H,3-15H2. The average molecular weight is 330 g/mol. The van der Waals surface area contributed by atoms with Gasteiger partial charge in [0.25, 0.3) is 0 Å². The Labute approximate surface area is 145 Å². The Morgan fingerprint density at radius 1 is 1.04 bits per heavy atom. The molecule has 4 nitrogen and oxygen atoms in total. The minimum absolute atomic E-state index is 0.160. The van der Waals surface area contributed by atoms with Crippen LogP contribution in [0.15, 0.2) is 12.2 Å². The van der Waals surface area contributed by atoms with Crippen LogP contribution in [0.5, 0.6) is 0 Å². The number of amides is 2. The van der Waals surface area contributed by atoms with E-state index < -0.39 is 0 Å². The van der Waals surface area contributed by atoms with Gasteiger partial charge in [0.2, 0.25) is 11.8 Å². The molecular formula is C20H30N2O2. The Kier molecular flexibility index (Phi) is 4.40. The maximum absolute atomic E-state index is 13.1. The van der Waals surface area contributed by atoms with E-state index in [0.717, 1.165) is 70.6 Å². The number of hydrogen-bond acceptors (Lipinski definition) is 2. The average Bonchev–Trinajstić information content (AvgIpc) is 3.10. The third-order valence-electron chi connectivity index (χ3n) is 6.92. The third kappa shape index (κ3) is 2.89. The SMILES string of the molecule is O=C(C1CC=CC1)N1CCCC2(CC1)CCN(CC1CCC1)C2=O. The lowest BCUT2D eigenvalue weighted by atomic mass is 9.79. The van der Waals surface area contributed by atoms with E-state index in [1.54, 1.807) is 0 Å². The highest BCUT2D eigenvalue weighted by molar-refractivity contribution is 5.85. The summed E-state index contributed by atoms with van der Waals surface area (Å²) < 4.78 is 0. The molecule has 1 unspecified atom stereocenters. The van der Waals surface area contributed by atoms with Crippen LogP contribution in [-0.2, 0) is 9.59 Å². The molecular weight excluding hydrogens is 300 g/mol. The number of likely N-dealkylation sites (tertiary alicyclic amines) is 2. The first-order chi connectivity index (χ1) is 11.7. The fraction of sp³-hybridized carbons (Fsp3) is 0.800. The molecule has 0 radical (unpaired) electrons. The van der Waals surface area contributed by atoms with E-state index in [1.165, 1.54) is 19.3 Å². The summed E-state index contributed by atoms with van der Waals surface area (Å²) in [6.45, 7) is 3.54. The second kappa shape index (κ2) is 6.53. The summed E-state index contributed by atoms with van der Waals surface area (Å²) in [5.74, 6) is 1.62. The van der Waals surface area contributed by atoms with Gasteiger partial charge < -0.3 is 9.80 Å². The van der Waals surface area contributed by atoms with Crippen LogP contribution in [0.2, 0.25) is 0 Å². The Balaban J connectivity index is 1.37. The zero-order valence-electron chi connectivity index (χ0n) is 14.7.